The second-order valence-corrected chi connectivity index (χ2v) is 5.77. The third-order valence-corrected chi connectivity index (χ3v) is 3.09. The number of carbonyl (C=O) groups excluding carboxylic acids is 1. The highest BCUT2D eigenvalue weighted by Gasteiger charge is 2.13. The highest BCUT2D eigenvalue weighted by molar-refractivity contribution is 14.1. The van der Waals surface area contributed by atoms with Gasteiger partial charge in [-0.1, -0.05) is 49.3 Å². The van der Waals surface area contributed by atoms with Gasteiger partial charge < -0.3 is 20.1 Å². The van der Waals surface area contributed by atoms with Crippen molar-refractivity contribution >= 4 is 34.8 Å². The van der Waals surface area contributed by atoms with Gasteiger partial charge in [0.25, 0.3) is 0 Å². The fraction of sp³-hybridized carbons (Fsp3) is 0.750. The van der Waals surface area contributed by atoms with E-state index in [4.69, 9.17) is 5.11 Å². The Labute approximate surface area is 153 Å². The standard InChI is InChI=1S/C8H12INO2.C8H17NO2/c1-2-3-6-10-8(11)12-7-4-5-9;1-4-5-6-9(7(2)3)8(10)11/h2-3,5-6H2,1H3,(H,10,11);7H,4-6H2,1-3H3,(H,10,11). The predicted molar refractivity (Wildman–Crippen MR) is 101 cm³/mol. The minimum Gasteiger partial charge on any atom is -0.465 e. The first-order chi connectivity index (χ1) is 10.9. The summed E-state index contributed by atoms with van der Waals surface area (Å²) in [6.07, 6.45) is 5.03. The Morgan fingerprint density at radius 3 is 2.30 bits per heavy atom. The Morgan fingerprint density at radius 1 is 1.26 bits per heavy atom. The fourth-order valence-corrected chi connectivity index (χ4v) is 1.57. The average Bonchev–Trinajstić information content (AvgIpc) is 2.48. The number of unbranched alkanes of at least 4 members (excludes halogenated alkanes) is 2. The van der Waals surface area contributed by atoms with Crippen LogP contribution in [-0.2, 0) is 4.74 Å². The number of hydrogen-bond donors (Lipinski definition) is 2. The van der Waals surface area contributed by atoms with Gasteiger partial charge in [0.2, 0.25) is 0 Å². The molecule has 2 amide bonds. The molecule has 0 saturated carbocycles. The molecule has 0 aromatic rings. The van der Waals surface area contributed by atoms with Gasteiger partial charge in [0, 0.05) is 19.1 Å². The van der Waals surface area contributed by atoms with Crippen LogP contribution in [0.3, 0.4) is 0 Å². The maximum Gasteiger partial charge on any atom is 0.421 e. The van der Waals surface area contributed by atoms with Crippen molar-refractivity contribution in [3.8, 4) is 12.0 Å². The number of hydrogen-bond acceptors (Lipinski definition) is 3. The number of ether oxygens (including phenoxy) is 1. The van der Waals surface area contributed by atoms with Crippen LogP contribution in [0.5, 0.6) is 0 Å². The van der Waals surface area contributed by atoms with Crippen molar-refractivity contribution in [1.29, 1.82) is 0 Å². The van der Waals surface area contributed by atoms with Crippen molar-refractivity contribution < 1.29 is 19.4 Å². The first-order valence-electron chi connectivity index (χ1n) is 7.88. The van der Waals surface area contributed by atoms with Crippen molar-refractivity contribution in [2.75, 3.05) is 17.5 Å². The molecule has 0 aromatic heterocycles. The lowest BCUT2D eigenvalue weighted by molar-refractivity contribution is 0.131. The van der Waals surface area contributed by atoms with E-state index in [-0.39, 0.29) is 6.04 Å². The summed E-state index contributed by atoms with van der Waals surface area (Å²) < 4.78 is 5.18. The summed E-state index contributed by atoms with van der Waals surface area (Å²) in [4.78, 5) is 22.8. The van der Waals surface area contributed by atoms with E-state index in [2.05, 4.69) is 58.5 Å². The van der Waals surface area contributed by atoms with Crippen LogP contribution >= 0.6 is 22.6 Å². The van der Waals surface area contributed by atoms with E-state index in [1.165, 1.54) is 4.90 Å². The van der Waals surface area contributed by atoms with E-state index in [9.17, 15) is 9.59 Å². The number of rotatable bonds is 7. The van der Waals surface area contributed by atoms with Gasteiger partial charge in [-0.05, 0) is 32.6 Å². The quantitative estimate of drug-likeness (QED) is 0.271. The van der Waals surface area contributed by atoms with Crippen LogP contribution in [0.25, 0.3) is 0 Å². The maximum atomic E-state index is 10.8. The molecule has 0 aliphatic heterocycles. The molecular formula is C16H29IN2O4. The molecule has 0 rings (SSSR count). The van der Waals surface area contributed by atoms with Gasteiger partial charge in [0.15, 0.2) is 0 Å². The minimum absolute atomic E-state index is 0.0963. The third-order valence-electron chi connectivity index (χ3n) is 2.70. The number of nitrogens with zero attached hydrogens (tertiary/aromatic N) is 1. The van der Waals surface area contributed by atoms with Crippen LogP contribution in [0.15, 0.2) is 0 Å². The molecule has 0 aliphatic carbocycles. The molecule has 134 valence electrons. The third kappa shape index (κ3) is 17.0. The SMILES string of the molecule is CCCCN(C(=O)O)C(C)C.CCCCNC(=O)OC#CCI. The molecule has 0 aromatic carbocycles. The van der Waals surface area contributed by atoms with E-state index in [0.29, 0.717) is 17.5 Å². The number of halogens is 1. The minimum atomic E-state index is -0.812. The number of alkyl halides is 1. The Bertz CT molecular complexity index is 378. The number of carbonyl (C=O) groups is 2. The molecule has 0 bridgehead atoms. The van der Waals surface area contributed by atoms with Gasteiger partial charge >= 0.3 is 12.2 Å². The van der Waals surface area contributed by atoms with E-state index < -0.39 is 12.2 Å². The number of alkyl carbamates (subject to hydrolysis) is 1. The van der Waals surface area contributed by atoms with Crippen LogP contribution in [0, 0.1) is 12.0 Å². The molecule has 0 heterocycles. The molecule has 0 radical (unpaired) electrons. The van der Waals surface area contributed by atoms with E-state index >= 15 is 0 Å². The van der Waals surface area contributed by atoms with Crippen LogP contribution in [0.1, 0.15) is 53.4 Å². The first-order valence-corrected chi connectivity index (χ1v) is 9.41. The highest BCUT2D eigenvalue weighted by atomic mass is 127. The van der Waals surface area contributed by atoms with Crippen LogP contribution in [-0.4, -0.2) is 45.8 Å². The molecule has 0 spiro atoms. The summed E-state index contributed by atoms with van der Waals surface area (Å²) in [5.74, 6) is 2.62. The molecule has 0 saturated heterocycles. The van der Waals surface area contributed by atoms with E-state index in [0.717, 1.165) is 25.7 Å². The van der Waals surface area contributed by atoms with Crippen molar-refractivity contribution in [3.63, 3.8) is 0 Å². The summed E-state index contributed by atoms with van der Waals surface area (Å²) in [5.41, 5.74) is 0. The lowest BCUT2D eigenvalue weighted by Gasteiger charge is -2.22. The van der Waals surface area contributed by atoms with Gasteiger partial charge in [-0.15, -0.1) is 0 Å². The maximum absolute atomic E-state index is 10.8. The van der Waals surface area contributed by atoms with Crippen LogP contribution in [0.2, 0.25) is 0 Å². The smallest absolute Gasteiger partial charge is 0.421 e. The highest BCUT2D eigenvalue weighted by Crippen LogP contribution is 2.01. The largest absolute Gasteiger partial charge is 0.465 e. The van der Waals surface area contributed by atoms with Crippen molar-refractivity contribution in [3.05, 3.63) is 0 Å². The molecule has 0 aliphatic rings. The molecule has 23 heavy (non-hydrogen) atoms. The molecule has 6 nitrogen and oxygen atoms in total. The molecular weight excluding hydrogens is 411 g/mol. The average molecular weight is 440 g/mol. The second kappa shape index (κ2) is 17.2. The van der Waals surface area contributed by atoms with Gasteiger partial charge in [0.05, 0.1) is 4.43 Å². The summed E-state index contributed by atoms with van der Waals surface area (Å²) in [5, 5.41) is 11.3. The molecule has 2 N–H and O–H groups in total. The Balaban J connectivity index is 0. The summed E-state index contributed by atoms with van der Waals surface area (Å²) in [6.45, 7) is 9.21. The van der Waals surface area contributed by atoms with Crippen LogP contribution < -0.4 is 5.32 Å². The van der Waals surface area contributed by atoms with Crippen molar-refractivity contribution in [2.24, 2.45) is 0 Å². The Kier molecular flexibility index (Phi) is 18.0. The van der Waals surface area contributed by atoms with Gasteiger partial charge in [-0.25, -0.2) is 9.59 Å². The van der Waals surface area contributed by atoms with E-state index in [1.807, 2.05) is 13.8 Å². The number of amides is 2. The zero-order chi connectivity index (χ0) is 18.1. The van der Waals surface area contributed by atoms with Crippen molar-refractivity contribution in [1.82, 2.24) is 10.2 Å². The topological polar surface area (TPSA) is 78.9 Å². The van der Waals surface area contributed by atoms with Gasteiger partial charge in [-0.2, -0.15) is 0 Å². The Morgan fingerprint density at radius 2 is 1.87 bits per heavy atom. The number of carboxylic acid groups (broad SMARTS) is 1. The molecule has 0 unspecified atom stereocenters. The summed E-state index contributed by atoms with van der Waals surface area (Å²) >= 11 is 2.08. The van der Waals surface area contributed by atoms with E-state index in [1.54, 1.807) is 0 Å². The lowest BCUT2D eigenvalue weighted by atomic mass is 10.3. The normalized spacial score (nSPS) is 9.13. The second-order valence-electron chi connectivity index (χ2n) is 5.01. The zero-order valence-electron chi connectivity index (χ0n) is 14.5. The molecule has 0 fully saturated rings. The summed E-state index contributed by atoms with van der Waals surface area (Å²) in [6, 6.07) is 0.0963. The lowest BCUT2D eigenvalue weighted by Crippen LogP contribution is -2.36. The predicted octanol–water partition coefficient (Wildman–Crippen LogP) is 4.08. The monoisotopic (exact) mass is 440 g/mol. The Hall–Kier alpha value is -1.17. The zero-order valence-corrected chi connectivity index (χ0v) is 16.7. The van der Waals surface area contributed by atoms with Gasteiger partial charge in [0.1, 0.15) is 6.11 Å². The van der Waals surface area contributed by atoms with Gasteiger partial charge in [-0.3, -0.25) is 0 Å². The fourth-order valence-electron chi connectivity index (χ4n) is 1.42. The molecule has 7 heteroatoms. The van der Waals surface area contributed by atoms with Crippen molar-refractivity contribution in [2.45, 2.75) is 59.4 Å². The molecule has 0 atom stereocenters. The summed E-state index contributed by atoms with van der Waals surface area (Å²) in [7, 11) is 0. The number of nitrogens with one attached hydrogen (secondary N) is 1. The van der Waals surface area contributed by atoms with Crippen LogP contribution in [0.4, 0.5) is 9.59 Å². The first kappa shape index (κ1) is 24.1.